The second-order valence-corrected chi connectivity index (χ2v) is 2.59. The van der Waals surface area contributed by atoms with Crippen LogP contribution in [-0.2, 0) is 0 Å². The van der Waals surface area contributed by atoms with E-state index in [9.17, 15) is 0 Å². The molecule has 0 aromatic carbocycles. The Morgan fingerprint density at radius 1 is 1.00 bits per heavy atom. The topological polar surface area (TPSA) is 107 Å². The van der Waals surface area contributed by atoms with Crippen LogP contribution in [0.1, 0.15) is 0 Å². The lowest BCUT2D eigenvalue weighted by molar-refractivity contribution is 0.276. The Kier molecular flexibility index (Phi) is 2.79. The summed E-state index contributed by atoms with van der Waals surface area (Å²) < 4.78 is 0. The van der Waals surface area contributed by atoms with E-state index in [1.54, 1.807) is 18.2 Å². The minimum atomic E-state index is -1.65. The van der Waals surface area contributed by atoms with Crippen LogP contribution in [0.25, 0.3) is 0 Å². The Balaban J connectivity index is 2.84. The maximum absolute atomic E-state index is 8.73. The number of nitriles is 3. The first kappa shape index (κ1) is 9.44. The summed E-state index contributed by atoms with van der Waals surface area (Å²) in [6, 6.07) is 5.13. The van der Waals surface area contributed by atoms with Crippen LogP contribution in [0.3, 0.4) is 0 Å². The van der Waals surface area contributed by atoms with E-state index in [1.807, 2.05) is 0 Å². The van der Waals surface area contributed by atoms with E-state index in [0.717, 1.165) is 0 Å². The quantitative estimate of drug-likeness (QED) is 0.452. The van der Waals surface area contributed by atoms with E-state index in [2.05, 4.69) is 16.0 Å². The maximum Gasteiger partial charge on any atom is 0.256 e. The average molecular weight is 176 g/mol. The molecular formula is C7H8N6. The summed E-state index contributed by atoms with van der Waals surface area (Å²) in [5.74, 6) is 0. The lowest BCUT2D eigenvalue weighted by Crippen LogP contribution is -2.62. The molecule has 66 valence electrons. The highest BCUT2D eigenvalue weighted by Gasteiger charge is 2.40. The fourth-order valence-corrected chi connectivity index (χ4v) is 1.06. The van der Waals surface area contributed by atoms with Crippen molar-refractivity contribution >= 4 is 0 Å². The van der Waals surface area contributed by atoms with Crippen molar-refractivity contribution in [1.29, 1.82) is 15.8 Å². The lowest BCUT2D eigenvalue weighted by Gasteiger charge is -2.29. The van der Waals surface area contributed by atoms with Crippen LogP contribution >= 0.6 is 0 Å². The van der Waals surface area contributed by atoms with Crippen LogP contribution < -0.4 is 16.0 Å². The van der Waals surface area contributed by atoms with E-state index >= 15 is 0 Å². The minimum absolute atomic E-state index is 0.477. The van der Waals surface area contributed by atoms with Gasteiger partial charge in [0.2, 0.25) is 0 Å². The Labute approximate surface area is 75.8 Å². The summed E-state index contributed by atoms with van der Waals surface area (Å²) in [5, 5.41) is 34.8. The predicted molar refractivity (Wildman–Crippen MR) is 42.2 cm³/mol. The van der Waals surface area contributed by atoms with Gasteiger partial charge in [-0.15, -0.1) is 0 Å². The van der Waals surface area contributed by atoms with E-state index in [1.165, 1.54) is 0 Å². The molecule has 0 amide bonds. The molecule has 0 unspecified atom stereocenters. The highest BCUT2D eigenvalue weighted by molar-refractivity contribution is 5.29. The molecule has 0 spiro atoms. The van der Waals surface area contributed by atoms with Gasteiger partial charge in [-0.2, -0.15) is 15.8 Å². The molecule has 1 fully saturated rings. The second-order valence-electron chi connectivity index (χ2n) is 2.59. The second kappa shape index (κ2) is 3.84. The molecule has 3 N–H and O–H groups in total. The van der Waals surface area contributed by atoms with Crippen LogP contribution in [0, 0.1) is 39.4 Å². The molecule has 1 aliphatic rings. The molecule has 0 radical (unpaired) electrons. The number of nitrogens with one attached hydrogen (secondary N) is 3. The molecule has 0 bridgehead atoms. The first-order valence-electron chi connectivity index (χ1n) is 3.70. The van der Waals surface area contributed by atoms with Crippen molar-refractivity contribution in [3.63, 3.8) is 0 Å². The van der Waals surface area contributed by atoms with E-state index in [-0.39, 0.29) is 0 Å². The molecular weight excluding hydrogens is 168 g/mol. The largest absolute Gasteiger partial charge is 0.292 e. The Hall–Kier alpha value is -1.65. The zero-order valence-corrected chi connectivity index (χ0v) is 6.83. The normalized spacial score (nSPS) is 18.2. The van der Waals surface area contributed by atoms with Crippen molar-refractivity contribution < 1.29 is 0 Å². The third-order valence-corrected chi connectivity index (χ3v) is 1.82. The maximum atomic E-state index is 8.73. The van der Waals surface area contributed by atoms with Gasteiger partial charge in [0.25, 0.3) is 5.41 Å². The molecule has 0 saturated carbocycles. The number of nitrogens with zero attached hydrogens (tertiary/aromatic N) is 3. The van der Waals surface area contributed by atoms with Gasteiger partial charge in [-0.25, -0.2) is 0 Å². The first-order valence-corrected chi connectivity index (χ1v) is 3.70. The van der Waals surface area contributed by atoms with Crippen LogP contribution in [0.2, 0.25) is 0 Å². The van der Waals surface area contributed by atoms with Crippen molar-refractivity contribution in [1.82, 2.24) is 16.0 Å². The summed E-state index contributed by atoms with van der Waals surface area (Å²) in [6.07, 6.45) is -0.603. The monoisotopic (exact) mass is 176 g/mol. The molecule has 6 nitrogen and oxygen atoms in total. The first-order chi connectivity index (χ1) is 6.29. The highest BCUT2D eigenvalue weighted by Crippen LogP contribution is 2.17. The van der Waals surface area contributed by atoms with Gasteiger partial charge in [-0.1, -0.05) is 0 Å². The van der Waals surface area contributed by atoms with Gasteiger partial charge in [0.05, 0.1) is 0 Å². The van der Waals surface area contributed by atoms with Crippen molar-refractivity contribution in [3.8, 4) is 18.2 Å². The molecule has 0 aliphatic carbocycles. The number of rotatable bonds is 1. The average Bonchev–Trinajstić information content (AvgIpc) is 2.23. The fraction of sp³-hybridized carbons (Fsp3) is 0.571. The van der Waals surface area contributed by atoms with Crippen LogP contribution in [0.15, 0.2) is 0 Å². The number of hydrogen-bond acceptors (Lipinski definition) is 6. The predicted octanol–water partition coefficient (Wildman–Crippen LogP) is -1.43. The van der Waals surface area contributed by atoms with Crippen molar-refractivity contribution in [2.75, 3.05) is 13.3 Å². The van der Waals surface area contributed by atoms with Crippen molar-refractivity contribution in [3.05, 3.63) is 0 Å². The fourth-order valence-electron chi connectivity index (χ4n) is 1.06. The van der Waals surface area contributed by atoms with E-state index in [0.29, 0.717) is 13.3 Å². The molecule has 1 aliphatic heterocycles. The minimum Gasteiger partial charge on any atom is -0.292 e. The molecule has 6 heteroatoms. The molecule has 0 atom stereocenters. The summed E-state index contributed by atoms with van der Waals surface area (Å²) in [4.78, 5) is 0. The summed E-state index contributed by atoms with van der Waals surface area (Å²) in [5.41, 5.74) is -1.65. The van der Waals surface area contributed by atoms with Gasteiger partial charge in [0.1, 0.15) is 24.4 Å². The Bertz CT molecular complexity index is 260. The molecule has 0 aromatic rings. The zero-order chi connectivity index (χ0) is 9.73. The van der Waals surface area contributed by atoms with Crippen molar-refractivity contribution in [2.45, 2.75) is 6.17 Å². The standard InChI is InChI=1S/C7H8N6/c8-1-7(2-9,3-10)6-12-4-11-5-13-6/h6,11-13H,4-5H2. The van der Waals surface area contributed by atoms with E-state index in [4.69, 9.17) is 15.8 Å². The lowest BCUT2D eigenvalue weighted by atomic mass is 9.89. The molecule has 1 heterocycles. The molecule has 0 aromatic heterocycles. The zero-order valence-electron chi connectivity index (χ0n) is 6.83. The summed E-state index contributed by atoms with van der Waals surface area (Å²) in [6.45, 7) is 0.953. The molecule has 1 saturated heterocycles. The molecule has 13 heavy (non-hydrogen) atoms. The Morgan fingerprint density at radius 3 is 1.85 bits per heavy atom. The van der Waals surface area contributed by atoms with Crippen LogP contribution in [0.5, 0.6) is 0 Å². The van der Waals surface area contributed by atoms with Gasteiger partial charge in [0.15, 0.2) is 0 Å². The highest BCUT2D eigenvalue weighted by atomic mass is 15.3. The van der Waals surface area contributed by atoms with Gasteiger partial charge in [-0.05, 0) is 0 Å². The van der Waals surface area contributed by atoms with Gasteiger partial charge >= 0.3 is 0 Å². The Morgan fingerprint density at radius 2 is 1.46 bits per heavy atom. The van der Waals surface area contributed by atoms with Gasteiger partial charge in [0, 0.05) is 13.3 Å². The van der Waals surface area contributed by atoms with Gasteiger partial charge < -0.3 is 0 Å². The smallest absolute Gasteiger partial charge is 0.256 e. The number of hydrogen-bond donors (Lipinski definition) is 3. The summed E-state index contributed by atoms with van der Waals surface area (Å²) >= 11 is 0. The molecule has 1 rings (SSSR count). The van der Waals surface area contributed by atoms with Crippen molar-refractivity contribution in [2.24, 2.45) is 5.41 Å². The third kappa shape index (κ3) is 1.58. The third-order valence-electron chi connectivity index (χ3n) is 1.82. The SMILES string of the molecule is N#CC(C#N)(C#N)C1NCNCN1. The summed E-state index contributed by atoms with van der Waals surface area (Å²) in [7, 11) is 0. The van der Waals surface area contributed by atoms with Gasteiger partial charge in [-0.3, -0.25) is 16.0 Å². The van der Waals surface area contributed by atoms with Crippen LogP contribution in [0.4, 0.5) is 0 Å². The van der Waals surface area contributed by atoms with Crippen LogP contribution in [-0.4, -0.2) is 19.5 Å². The van der Waals surface area contributed by atoms with E-state index < -0.39 is 11.6 Å².